The highest BCUT2D eigenvalue weighted by Gasteiger charge is 2.34. The number of benzene rings is 2. The van der Waals surface area contributed by atoms with Gasteiger partial charge in [0.05, 0.1) is 18.9 Å². The van der Waals surface area contributed by atoms with Gasteiger partial charge in [-0.1, -0.05) is 23.7 Å². The standard InChI is InChI=1S/C21H24ClNO3S/c1-21(2)11-18(17-10-16(25-3)7-8-19(17)26-21)23-20(24)13-27-12-14-5-4-6-15(22)9-14/h4-10,18H,11-13H2,1-3H3,(H,23,24)/t18-/m1/s1. The first-order valence-electron chi connectivity index (χ1n) is 8.85. The molecular weight excluding hydrogens is 382 g/mol. The fraction of sp³-hybridized carbons (Fsp3) is 0.381. The Hall–Kier alpha value is -1.85. The van der Waals surface area contributed by atoms with Crippen LogP contribution in [0.5, 0.6) is 11.5 Å². The third-order valence-corrected chi connectivity index (χ3v) is 5.64. The molecule has 1 aliphatic rings. The number of nitrogens with one attached hydrogen (secondary N) is 1. The summed E-state index contributed by atoms with van der Waals surface area (Å²) in [5.41, 5.74) is 1.73. The van der Waals surface area contributed by atoms with Crippen molar-refractivity contribution in [3.8, 4) is 11.5 Å². The van der Waals surface area contributed by atoms with Crippen LogP contribution in [0.3, 0.4) is 0 Å². The molecule has 0 spiro atoms. The molecule has 1 heterocycles. The highest BCUT2D eigenvalue weighted by molar-refractivity contribution is 7.99. The third-order valence-electron chi connectivity index (χ3n) is 4.40. The van der Waals surface area contributed by atoms with Gasteiger partial charge in [0, 0.05) is 22.8 Å². The SMILES string of the molecule is COc1ccc2c(c1)[C@H](NC(=O)CSCc1cccc(Cl)c1)CC(C)(C)O2. The summed E-state index contributed by atoms with van der Waals surface area (Å²) in [7, 11) is 1.63. The Morgan fingerprint density at radius 1 is 1.33 bits per heavy atom. The molecule has 0 bridgehead atoms. The van der Waals surface area contributed by atoms with Crippen LogP contribution in [0.2, 0.25) is 5.02 Å². The van der Waals surface area contributed by atoms with E-state index in [9.17, 15) is 4.79 Å². The summed E-state index contributed by atoms with van der Waals surface area (Å²) in [5, 5.41) is 3.87. The van der Waals surface area contributed by atoms with E-state index in [2.05, 4.69) is 5.32 Å². The van der Waals surface area contributed by atoms with Crippen LogP contribution in [0.4, 0.5) is 0 Å². The number of thioether (sulfide) groups is 1. The number of hydrogen-bond acceptors (Lipinski definition) is 4. The van der Waals surface area contributed by atoms with Crippen LogP contribution >= 0.6 is 23.4 Å². The molecule has 2 aromatic carbocycles. The van der Waals surface area contributed by atoms with Gasteiger partial charge in [-0.2, -0.15) is 0 Å². The van der Waals surface area contributed by atoms with Crippen LogP contribution in [0.1, 0.15) is 37.4 Å². The van der Waals surface area contributed by atoms with E-state index in [1.54, 1.807) is 18.9 Å². The van der Waals surface area contributed by atoms with E-state index in [1.165, 1.54) is 0 Å². The van der Waals surface area contributed by atoms with Crippen LogP contribution in [-0.2, 0) is 10.5 Å². The van der Waals surface area contributed by atoms with Crippen molar-refractivity contribution in [2.75, 3.05) is 12.9 Å². The van der Waals surface area contributed by atoms with Crippen molar-refractivity contribution in [1.82, 2.24) is 5.32 Å². The Kier molecular flexibility index (Phi) is 6.22. The van der Waals surface area contributed by atoms with Crippen molar-refractivity contribution in [3.63, 3.8) is 0 Å². The van der Waals surface area contributed by atoms with Crippen LogP contribution in [0, 0.1) is 0 Å². The van der Waals surface area contributed by atoms with Gasteiger partial charge in [-0.15, -0.1) is 11.8 Å². The number of carbonyl (C=O) groups is 1. The lowest BCUT2D eigenvalue weighted by atomic mass is 9.89. The number of carbonyl (C=O) groups excluding carboxylic acids is 1. The first-order chi connectivity index (χ1) is 12.9. The Bertz CT molecular complexity index is 825. The molecule has 0 saturated heterocycles. The van der Waals surface area contributed by atoms with E-state index in [1.807, 2.05) is 56.3 Å². The molecule has 4 nitrogen and oxygen atoms in total. The maximum atomic E-state index is 12.5. The molecule has 0 aliphatic carbocycles. The van der Waals surface area contributed by atoms with Crippen molar-refractivity contribution in [2.45, 2.75) is 37.7 Å². The Labute approximate surface area is 169 Å². The summed E-state index contributed by atoms with van der Waals surface area (Å²) in [6.45, 7) is 4.07. The first-order valence-corrected chi connectivity index (χ1v) is 10.4. The number of amides is 1. The minimum absolute atomic E-state index is 0.0125. The van der Waals surface area contributed by atoms with Gasteiger partial charge in [0.1, 0.15) is 17.1 Å². The van der Waals surface area contributed by atoms with Crippen LogP contribution in [-0.4, -0.2) is 24.4 Å². The average Bonchev–Trinajstić information content (AvgIpc) is 2.60. The summed E-state index contributed by atoms with van der Waals surface area (Å²) in [6.07, 6.45) is 0.706. The van der Waals surface area contributed by atoms with Gasteiger partial charge >= 0.3 is 0 Å². The fourth-order valence-electron chi connectivity index (χ4n) is 3.21. The summed E-state index contributed by atoms with van der Waals surface area (Å²) >= 11 is 7.58. The topological polar surface area (TPSA) is 47.6 Å². The normalized spacial score (nSPS) is 17.6. The average molecular weight is 406 g/mol. The monoisotopic (exact) mass is 405 g/mol. The van der Waals surface area contributed by atoms with Crippen molar-refractivity contribution in [2.24, 2.45) is 0 Å². The molecule has 1 N–H and O–H groups in total. The van der Waals surface area contributed by atoms with Gasteiger partial charge in [0.25, 0.3) is 0 Å². The second kappa shape index (κ2) is 8.44. The zero-order valence-corrected chi connectivity index (χ0v) is 17.3. The summed E-state index contributed by atoms with van der Waals surface area (Å²) in [5.74, 6) is 2.70. The molecule has 27 heavy (non-hydrogen) atoms. The Balaban J connectivity index is 1.63. The van der Waals surface area contributed by atoms with E-state index in [4.69, 9.17) is 21.1 Å². The number of rotatable bonds is 6. The quantitative estimate of drug-likeness (QED) is 0.734. The molecule has 6 heteroatoms. The van der Waals surface area contributed by atoms with Crippen molar-refractivity contribution >= 4 is 29.3 Å². The lowest BCUT2D eigenvalue weighted by Gasteiger charge is -2.38. The highest BCUT2D eigenvalue weighted by atomic mass is 35.5. The summed E-state index contributed by atoms with van der Waals surface area (Å²) < 4.78 is 11.4. The lowest BCUT2D eigenvalue weighted by Crippen LogP contribution is -2.41. The second-order valence-corrected chi connectivity index (χ2v) is 8.63. The maximum absolute atomic E-state index is 12.5. The van der Waals surface area contributed by atoms with Crippen molar-refractivity contribution < 1.29 is 14.3 Å². The number of methoxy groups -OCH3 is 1. The predicted octanol–water partition coefficient (Wildman–Crippen LogP) is 5.00. The van der Waals surface area contributed by atoms with Crippen LogP contribution in [0.25, 0.3) is 0 Å². The molecule has 2 aromatic rings. The molecule has 0 unspecified atom stereocenters. The Morgan fingerprint density at radius 2 is 2.15 bits per heavy atom. The van der Waals surface area contributed by atoms with Crippen LogP contribution in [0.15, 0.2) is 42.5 Å². The molecule has 0 fully saturated rings. The minimum atomic E-state index is -0.340. The fourth-order valence-corrected chi connectivity index (χ4v) is 4.21. The first kappa shape index (κ1) is 19.9. The van der Waals surface area contributed by atoms with Crippen molar-refractivity contribution in [1.29, 1.82) is 0 Å². The van der Waals surface area contributed by atoms with Gasteiger partial charge in [-0.05, 0) is 49.7 Å². The van der Waals surface area contributed by atoms with E-state index in [0.717, 1.165) is 28.4 Å². The third kappa shape index (κ3) is 5.33. The number of ether oxygens (including phenoxy) is 2. The number of fused-ring (bicyclic) bond motifs is 1. The van der Waals surface area contributed by atoms with Crippen molar-refractivity contribution in [3.05, 3.63) is 58.6 Å². The van der Waals surface area contributed by atoms with Gasteiger partial charge in [0.15, 0.2) is 0 Å². The molecule has 0 aromatic heterocycles. The number of hydrogen-bond donors (Lipinski definition) is 1. The van der Waals surface area contributed by atoms with E-state index in [0.29, 0.717) is 17.2 Å². The summed E-state index contributed by atoms with van der Waals surface area (Å²) in [6, 6.07) is 13.3. The second-order valence-electron chi connectivity index (χ2n) is 7.21. The van der Waals surface area contributed by atoms with Gasteiger partial charge in [-0.25, -0.2) is 0 Å². The molecule has 3 rings (SSSR count). The van der Waals surface area contributed by atoms with E-state index in [-0.39, 0.29) is 17.6 Å². The number of halogens is 1. The Morgan fingerprint density at radius 3 is 2.89 bits per heavy atom. The predicted molar refractivity (Wildman–Crippen MR) is 111 cm³/mol. The molecular formula is C21H24ClNO3S. The molecule has 1 atom stereocenters. The van der Waals surface area contributed by atoms with Gasteiger partial charge < -0.3 is 14.8 Å². The van der Waals surface area contributed by atoms with Gasteiger partial charge in [0.2, 0.25) is 5.91 Å². The minimum Gasteiger partial charge on any atom is -0.497 e. The molecule has 0 radical (unpaired) electrons. The lowest BCUT2D eigenvalue weighted by molar-refractivity contribution is -0.119. The van der Waals surface area contributed by atoms with E-state index >= 15 is 0 Å². The molecule has 1 amide bonds. The molecule has 0 saturated carbocycles. The smallest absolute Gasteiger partial charge is 0.230 e. The zero-order valence-electron chi connectivity index (χ0n) is 15.8. The van der Waals surface area contributed by atoms with Crippen LogP contribution < -0.4 is 14.8 Å². The largest absolute Gasteiger partial charge is 0.497 e. The molecule has 144 valence electrons. The van der Waals surface area contributed by atoms with E-state index < -0.39 is 0 Å². The highest BCUT2D eigenvalue weighted by Crippen LogP contribution is 2.41. The molecule has 1 aliphatic heterocycles. The van der Waals surface area contributed by atoms with Gasteiger partial charge in [-0.3, -0.25) is 4.79 Å². The zero-order chi connectivity index (χ0) is 19.4. The maximum Gasteiger partial charge on any atom is 0.230 e. The summed E-state index contributed by atoms with van der Waals surface area (Å²) in [4.78, 5) is 12.5.